The fraction of sp³-hybridized carbons (Fsp3) is 0.312. The van der Waals surface area contributed by atoms with Crippen molar-refractivity contribution in [3.05, 3.63) is 54.1 Å². The lowest BCUT2D eigenvalue weighted by atomic mass is 9.94. The van der Waals surface area contributed by atoms with Gasteiger partial charge in [0.15, 0.2) is 0 Å². The molecule has 0 spiro atoms. The molecule has 1 aliphatic heterocycles. The number of H-pyrrole nitrogens is 1. The Hall–Kier alpha value is -2.07. The van der Waals surface area contributed by atoms with Crippen LogP contribution in [0.1, 0.15) is 11.3 Å². The van der Waals surface area contributed by atoms with Crippen molar-refractivity contribution < 1.29 is 4.42 Å². The summed E-state index contributed by atoms with van der Waals surface area (Å²) in [7, 11) is 0. The molecule has 0 bridgehead atoms. The molecular formula is C16H17N3O. The summed E-state index contributed by atoms with van der Waals surface area (Å²) >= 11 is 0. The normalized spacial score (nSPS) is 16.6. The van der Waals surface area contributed by atoms with Gasteiger partial charge in [0.05, 0.1) is 18.0 Å². The highest BCUT2D eigenvalue weighted by Crippen LogP contribution is 2.23. The lowest BCUT2D eigenvalue weighted by Gasteiger charge is -2.39. The third-order valence-corrected chi connectivity index (χ3v) is 4.01. The van der Waals surface area contributed by atoms with E-state index in [1.54, 1.807) is 6.26 Å². The first-order valence-electron chi connectivity index (χ1n) is 7.03. The van der Waals surface area contributed by atoms with Gasteiger partial charge in [-0.05, 0) is 35.7 Å². The number of aromatic nitrogens is 2. The molecule has 1 fully saturated rings. The maximum atomic E-state index is 5.40. The maximum Gasteiger partial charge on any atom is 0.104 e. The molecule has 0 amide bonds. The summed E-state index contributed by atoms with van der Waals surface area (Å²) < 4.78 is 5.40. The van der Waals surface area contributed by atoms with E-state index >= 15 is 0 Å². The molecule has 102 valence electrons. The molecule has 2 aromatic heterocycles. The molecule has 1 saturated heterocycles. The van der Waals surface area contributed by atoms with E-state index < -0.39 is 0 Å². The van der Waals surface area contributed by atoms with Crippen molar-refractivity contribution in [1.29, 1.82) is 0 Å². The second-order valence-corrected chi connectivity index (χ2v) is 5.64. The number of benzene rings is 1. The second kappa shape index (κ2) is 4.80. The molecule has 0 aliphatic carbocycles. The Labute approximate surface area is 117 Å². The molecule has 0 atom stereocenters. The van der Waals surface area contributed by atoms with Crippen molar-refractivity contribution >= 4 is 10.9 Å². The van der Waals surface area contributed by atoms with Crippen LogP contribution in [0.5, 0.6) is 0 Å². The molecule has 4 rings (SSSR count). The zero-order chi connectivity index (χ0) is 13.4. The average Bonchev–Trinajstić information content (AvgIpc) is 3.06. The van der Waals surface area contributed by atoms with E-state index in [2.05, 4.69) is 39.4 Å². The molecule has 20 heavy (non-hydrogen) atoms. The lowest BCUT2D eigenvalue weighted by molar-refractivity contribution is 0.0889. The summed E-state index contributed by atoms with van der Waals surface area (Å²) in [5, 5.41) is 8.24. The smallest absolute Gasteiger partial charge is 0.104 e. The van der Waals surface area contributed by atoms with Crippen LogP contribution >= 0.6 is 0 Å². The third-order valence-electron chi connectivity index (χ3n) is 4.01. The highest BCUT2D eigenvalue weighted by atomic mass is 16.3. The van der Waals surface area contributed by atoms with E-state index in [1.807, 2.05) is 12.3 Å². The Bertz CT molecular complexity index is 695. The highest BCUT2D eigenvalue weighted by Gasteiger charge is 2.27. The number of nitrogens with zero attached hydrogens (tertiary/aromatic N) is 2. The van der Waals surface area contributed by atoms with Crippen LogP contribution in [0.15, 0.2) is 47.2 Å². The van der Waals surface area contributed by atoms with Gasteiger partial charge in [-0.3, -0.25) is 10.00 Å². The zero-order valence-electron chi connectivity index (χ0n) is 11.2. The van der Waals surface area contributed by atoms with Crippen molar-refractivity contribution in [3.63, 3.8) is 0 Å². The standard InChI is InChI=1S/C16H17N3O/c1-2-15(20-5-1)7-13-10-19(11-13)9-12-3-4-16-14(6-12)8-17-18-16/h1-6,8,13H,7,9-11H2,(H,17,18). The molecule has 1 aromatic carbocycles. The first-order valence-corrected chi connectivity index (χ1v) is 7.03. The summed E-state index contributed by atoms with van der Waals surface area (Å²) in [4.78, 5) is 2.48. The quantitative estimate of drug-likeness (QED) is 0.790. The van der Waals surface area contributed by atoms with Gasteiger partial charge in [0.2, 0.25) is 0 Å². The maximum absolute atomic E-state index is 5.40. The minimum Gasteiger partial charge on any atom is -0.469 e. The molecule has 3 heterocycles. The fourth-order valence-corrected chi connectivity index (χ4v) is 3.00. The van der Waals surface area contributed by atoms with E-state index in [-0.39, 0.29) is 0 Å². The Morgan fingerprint density at radius 2 is 2.25 bits per heavy atom. The Kier molecular flexibility index (Phi) is 2.81. The summed E-state index contributed by atoms with van der Waals surface area (Å²) in [5.74, 6) is 1.84. The van der Waals surface area contributed by atoms with Crippen LogP contribution in [0.3, 0.4) is 0 Å². The molecule has 4 heteroatoms. The van der Waals surface area contributed by atoms with Crippen molar-refractivity contribution in [2.24, 2.45) is 5.92 Å². The van der Waals surface area contributed by atoms with Gasteiger partial charge >= 0.3 is 0 Å². The number of aromatic amines is 1. The number of hydrogen-bond acceptors (Lipinski definition) is 3. The zero-order valence-corrected chi connectivity index (χ0v) is 11.2. The number of hydrogen-bond donors (Lipinski definition) is 1. The van der Waals surface area contributed by atoms with Crippen LogP contribution in [0.4, 0.5) is 0 Å². The molecular weight excluding hydrogens is 250 g/mol. The van der Waals surface area contributed by atoms with Crippen LogP contribution in [0.2, 0.25) is 0 Å². The fourth-order valence-electron chi connectivity index (χ4n) is 3.00. The summed E-state index contributed by atoms with van der Waals surface area (Å²) in [5.41, 5.74) is 2.46. The Morgan fingerprint density at radius 1 is 1.30 bits per heavy atom. The lowest BCUT2D eigenvalue weighted by Crippen LogP contribution is -2.46. The number of furan rings is 1. The molecule has 4 nitrogen and oxygen atoms in total. The predicted molar refractivity (Wildman–Crippen MR) is 77.3 cm³/mol. The van der Waals surface area contributed by atoms with Crippen LogP contribution < -0.4 is 0 Å². The third kappa shape index (κ3) is 2.23. The first-order chi connectivity index (χ1) is 9.87. The van der Waals surface area contributed by atoms with Crippen LogP contribution in [0, 0.1) is 5.92 Å². The molecule has 0 unspecified atom stereocenters. The van der Waals surface area contributed by atoms with E-state index in [0.29, 0.717) is 0 Å². The molecule has 3 aromatic rings. The van der Waals surface area contributed by atoms with E-state index in [4.69, 9.17) is 4.42 Å². The minimum atomic E-state index is 0.735. The topological polar surface area (TPSA) is 45.1 Å². The van der Waals surface area contributed by atoms with Crippen LogP contribution in [0.25, 0.3) is 10.9 Å². The summed E-state index contributed by atoms with van der Waals surface area (Å²) in [6.45, 7) is 3.34. The molecule has 1 aliphatic rings. The SMILES string of the molecule is c1coc(CC2CN(Cc3ccc4[nH]ncc4c3)C2)c1. The predicted octanol–water partition coefficient (Wildman–Crippen LogP) is 2.83. The number of fused-ring (bicyclic) bond motifs is 1. The van der Waals surface area contributed by atoms with Crippen molar-refractivity contribution in [3.8, 4) is 0 Å². The van der Waals surface area contributed by atoms with Gasteiger partial charge in [-0.1, -0.05) is 6.07 Å². The Balaban J connectivity index is 1.34. The van der Waals surface area contributed by atoms with Crippen LogP contribution in [-0.4, -0.2) is 28.2 Å². The van der Waals surface area contributed by atoms with Crippen LogP contribution in [-0.2, 0) is 13.0 Å². The van der Waals surface area contributed by atoms with E-state index in [9.17, 15) is 0 Å². The molecule has 0 radical (unpaired) electrons. The van der Waals surface area contributed by atoms with Crippen molar-refractivity contribution in [1.82, 2.24) is 15.1 Å². The molecule has 1 N–H and O–H groups in total. The number of rotatable bonds is 4. The van der Waals surface area contributed by atoms with Gasteiger partial charge in [0, 0.05) is 31.4 Å². The van der Waals surface area contributed by atoms with Crippen molar-refractivity contribution in [2.75, 3.05) is 13.1 Å². The largest absolute Gasteiger partial charge is 0.469 e. The van der Waals surface area contributed by atoms with Gasteiger partial charge in [0.1, 0.15) is 5.76 Å². The van der Waals surface area contributed by atoms with E-state index in [0.717, 1.165) is 43.2 Å². The van der Waals surface area contributed by atoms with E-state index in [1.165, 1.54) is 10.9 Å². The van der Waals surface area contributed by atoms with Gasteiger partial charge < -0.3 is 4.42 Å². The Morgan fingerprint density at radius 3 is 3.10 bits per heavy atom. The average molecular weight is 267 g/mol. The molecule has 0 saturated carbocycles. The summed E-state index contributed by atoms with van der Waals surface area (Å²) in [6, 6.07) is 10.5. The monoisotopic (exact) mass is 267 g/mol. The highest BCUT2D eigenvalue weighted by molar-refractivity contribution is 5.78. The minimum absolute atomic E-state index is 0.735. The van der Waals surface area contributed by atoms with Gasteiger partial charge in [0.25, 0.3) is 0 Å². The van der Waals surface area contributed by atoms with Crippen molar-refractivity contribution in [2.45, 2.75) is 13.0 Å². The second-order valence-electron chi connectivity index (χ2n) is 5.64. The number of nitrogens with one attached hydrogen (secondary N) is 1. The van der Waals surface area contributed by atoms with Gasteiger partial charge in [-0.15, -0.1) is 0 Å². The van der Waals surface area contributed by atoms with Gasteiger partial charge in [-0.2, -0.15) is 5.10 Å². The first kappa shape index (κ1) is 11.7. The van der Waals surface area contributed by atoms with Gasteiger partial charge in [-0.25, -0.2) is 0 Å². The number of likely N-dealkylation sites (tertiary alicyclic amines) is 1. The summed E-state index contributed by atoms with van der Waals surface area (Å²) in [6.07, 6.45) is 4.70.